The Labute approximate surface area is 100 Å². The molecule has 0 amide bonds. The third-order valence-electron chi connectivity index (χ3n) is 2.75. The van der Waals surface area contributed by atoms with Crippen molar-refractivity contribution >= 4 is 24.0 Å². The molecular weight excluding hydrogens is 231 g/mol. The lowest BCUT2D eigenvalue weighted by Gasteiger charge is -2.33. The van der Waals surface area contributed by atoms with Crippen molar-refractivity contribution in [3.8, 4) is 6.07 Å². The first-order chi connectivity index (χ1) is 6.70. The highest BCUT2D eigenvalue weighted by molar-refractivity contribution is 6.30. The van der Waals surface area contributed by atoms with Gasteiger partial charge in [0.15, 0.2) is 0 Å². The van der Waals surface area contributed by atoms with Crippen LogP contribution in [0.3, 0.4) is 0 Å². The monoisotopic (exact) mass is 242 g/mol. The molecule has 1 aliphatic carbocycles. The van der Waals surface area contributed by atoms with Gasteiger partial charge in [-0.1, -0.05) is 11.6 Å². The van der Waals surface area contributed by atoms with Gasteiger partial charge in [0.1, 0.15) is 0 Å². The van der Waals surface area contributed by atoms with Gasteiger partial charge in [0, 0.05) is 11.1 Å². The molecule has 2 nitrogen and oxygen atoms in total. The molecule has 2 N–H and O–H groups in total. The van der Waals surface area contributed by atoms with E-state index in [0.717, 1.165) is 24.0 Å². The largest absolute Gasteiger partial charge is 0.328 e. The SMILES string of the molecule is Cl.N#Cc1ccc(Cl)cc1[C@H]1C[C@@H](N)C1. The summed E-state index contributed by atoms with van der Waals surface area (Å²) < 4.78 is 0. The average molecular weight is 243 g/mol. The number of nitrogens with two attached hydrogens (primary N) is 1. The summed E-state index contributed by atoms with van der Waals surface area (Å²) in [4.78, 5) is 0. The van der Waals surface area contributed by atoms with Crippen molar-refractivity contribution < 1.29 is 0 Å². The summed E-state index contributed by atoms with van der Waals surface area (Å²) in [6.45, 7) is 0. The second kappa shape index (κ2) is 4.85. The van der Waals surface area contributed by atoms with E-state index in [9.17, 15) is 0 Å². The molecule has 0 radical (unpaired) electrons. The maximum atomic E-state index is 8.92. The normalized spacial score (nSPS) is 23.5. The molecule has 0 aromatic heterocycles. The zero-order valence-electron chi connectivity index (χ0n) is 8.11. The zero-order chi connectivity index (χ0) is 10.1. The van der Waals surface area contributed by atoms with E-state index in [0.29, 0.717) is 17.0 Å². The fraction of sp³-hybridized carbons (Fsp3) is 0.364. The van der Waals surface area contributed by atoms with E-state index in [2.05, 4.69) is 6.07 Å². The van der Waals surface area contributed by atoms with Crippen LogP contribution in [0.25, 0.3) is 0 Å². The lowest BCUT2D eigenvalue weighted by Crippen LogP contribution is -2.35. The Bertz CT molecular complexity index is 392. The molecule has 0 unspecified atom stereocenters. The van der Waals surface area contributed by atoms with E-state index in [4.69, 9.17) is 22.6 Å². The quantitative estimate of drug-likeness (QED) is 0.824. The standard InChI is InChI=1S/C11H11ClN2.ClH/c12-9-2-1-7(6-13)11(5-9)8-3-10(14)4-8;/h1-2,5,8,10H,3-4,14H2;1H/t8-,10+;. The van der Waals surface area contributed by atoms with Gasteiger partial charge in [-0.25, -0.2) is 0 Å². The van der Waals surface area contributed by atoms with Crippen molar-refractivity contribution in [1.29, 1.82) is 5.26 Å². The maximum absolute atomic E-state index is 8.92. The summed E-state index contributed by atoms with van der Waals surface area (Å²) in [6, 6.07) is 7.90. The van der Waals surface area contributed by atoms with Gasteiger partial charge in [-0.2, -0.15) is 5.26 Å². The van der Waals surface area contributed by atoms with Gasteiger partial charge in [-0.05, 0) is 42.5 Å². The highest BCUT2D eigenvalue weighted by Gasteiger charge is 2.29. The fourth-order valence-corrected chi connectivity index (χ4v) is 2.07. The molecule has 1 aromatic carbocycles. The number of hydrogen-bond donors (Lipinski definition) is 1. The van der Waals surface area contributed by atoms with Crippen LogP contribution in [0.5, 0.6) is 0 Å². The Morgan fingerprint density at radius 2 is 2.07 bits per heavy atom. The first-order valence-electron chi connectivity index (χ1n) is 4.66. The molecular formula is C11H12Cl2N2. The number of hydrogen-bond acceptors (Lipinski definition) is 2. The van der Waals surface area contributed by atoms with Crippen LogP contribution < -0.4 is 5.73 Å². The summed E-state index contributed by atoms with van der Waals surface area (Å²) >= 11 is 5.89. The third-order valence-corrected chi connectivity index (χ3v) is 2.98. The molecule has 1 fully saturated rings. The van der Waals surface area contributed by atoms with Crippen molar-refractivity contribution in [2.45, 2.75) is 24.8 Å². The Kier molecular flexibility index (Phi) is 3.98. The molecule has 0 aliphatic heterocycles. The molecule has 0 atom stereocenters. The van der Waals surface area contributed by atoms with Crippen LogP contribution in [0.2, 0.25) is 5.02 Å². The molecule has 0 bridgehead atoms. The summed E-state index contributed by atoms with van der Waals surface area (Å²) in [5.74, 6) is 0.429. The van der Waals surface area contributed by atoms with Crippen LogP contribution in [0, 0.1) is 11.3 Å². The third kappa shape index (κ3) is 2.43. The fourth-order valence-electron chi connectivity index (χ4n) is 1.89. The summed E-state index contributed by atoms with van der Waals surface area (Å²) in [6.07, 6.45) is 1.93. The molecule has 1 aromatic rings. The second-order valence-electron chi connectivity index (χ2n) is 3.77. The number of nitrogens with zero attached hydrogens (tertiary/aromatic N) is 1. The van der Waals surface area contributed by atoms with Crippen molar-refractivity contribution in [2.75, 3.05) is 0 Å². The predicted molar refractivity (Wildman–Crippen MR) is 63.4 cm³/mol. The van der Waals surface area contributed by atoms with Crippen LogP contribution in [-0.2, 0) is 0 Å². The van der Waals surface area contributed by atoms with Crippen molar-refractivity contribution in [3.63, 3.8) is 0 Å². The first-order valence-corrected chi connectivity index (χ1v) is 5.03. The summed E-state index contributed by atoms with van der Waals surface area (Å²) in [5.41, 5.74) is 7.51. The van der Waals surface area contributed by atoms with Gasteiger partial charge in [0.05, 0.1) is 11.6 Å². The highest BCUT2D eigenvalue weighted by Crippen LogP contribution is 2.38. The molecule has 1 aliphatic rings. The van der Waals surface area contributed by atoms with Gasteiger partial charge < -0.3 is 5.73 Å². The Morgan fingerprint density at radius 1 is 1.40 bits per heavy atom. The minimum absolute atomic E-state index is 0. The molecule has 2 rings (SSSR count). The minimum Gasteiger partial charge on any atom is -0.328 e. The van der Waals surface area contributed by atoms with Gasteiger partial charge in [-0.15, -0.1) is 12.4 Å². The van der Waals surface area contributed by atoms with Crippen LogP contribution in [0.15, 0.2) is 18.2 Å². The number of rotatable bonds is 1. The van der Waals surface area contributed by atoms with Crippen molar-refractivity contribution in [1.82, 2.24) is 0 Å². The second-order valence-corrected chi connectivity index (χ2v) is 4.21. The van der Waals surface area contributed by atoms with Crippen LogP contribution in [0.4, 0.5) is 0 Å². The van der Waals surface area contributed by atoms with E-state index >= 15 is 0 Å². The van der Waals surface area contributed by atoms with Gasteiger partial charge in [0.25, 0.3) is 0 Å². The number of nitriles is 1. The molecule has 1 saturated carbocycles. The lowest BCUT2D eigenvalue weighted by atomic mass is 9.75. The summed E-state index contributed by atoms with van der Waals surface area (Å²) in [7, 11) is 0. The summed E-state index contributed by atoms with van der Waals surface area (Å²) in [5, 5.41) is 9.61. The van der Waals surface area contributed by atoms with Crippen molar-refractivity contribution in [2.24, 2.45) is 5.73 Å². The van der Waals surface area contributed by atoms with E-state index in [1.54, 1.807) is 12.1 Å². The molecule has 4 heteroatoms. The molecule has 0 spiro atoms. The molecule has 80 valence electrons. The van der Waals surface area contributed by atoms with Crippen LogP contribution >= 0.6 is 24.0 Å². The van der Waals surface area contributed by atoms with E-state index in [-0.39, 0.29) is 12.4 Å². The van der Waals surface area contributed by atoms with Crippen molar-refractivity contribution in [3.05, 3.63) is 34.3 Å². The van der Waals surface area contributed by atoms with E-state index in [1.165, 1.54) is 0 Å². The Morgan fingerprint density at radius 3 is 2.60 bits per heavy atom. The Hall–Kier alpha value is -0.750. The number of benzene rings is 1. The highest BCUT2D eigenvalue weighted by atomic mass is 35.5. The minimum atomic E-state index is 0. The van der Waals surface area contributed by atoms with E-state index in [1.807, 2.05) is 6.07 Å². The zero-order valence-corrected chi connectivity index (χ0v) is 9.68. The van der Waals surface area contributed by atoms with Gasteiger partial charge >= 0.3 is 0 Å². The Balaban J connectivity index is 0.00000112. The lowest BCUT2D eigenvalue weighted by molar-refractivity contribution is 0.351. The van der Waals surface area contributed by atoms with Gasteiger partial charge in [-0.3, -0.25) is 0 Å². The smallest absolute Gasteiger partial charge is 0.0994 e. The average Bonchev–Trinajstić information content (AvgIpc) is 2.13. The van der Waals surface area contributed by atoms with E-state index < -0.39 is 0 Å². The topological polar surface area (TPSA) is 49.8 Å². The van der Waals surface area contributed by atoms with Crippen LogP contribution in [0.1, 0.15) is 29.9 Å². The predicted octanol–water partition coefficient (Wildman–Crippen LogP) is 2.84. The van der Waals surface area contributed by atoms with Gasteiger partial charge in [0.2, 0.25) is 0 Å². The van der Waals surface area contributed by atoms with Crippen LogP contribution in [-0.4, -0.2) is 6.04 Å². The molecule has 0 saturated heterocycles. The number of halogens is 2. The molecule has 15 heavy (non-hydrogen) atoms. The molecule has 0 heterocycles. The maximum Gasteiger partial charge on any atom is 0.0994 e. The first kappa shape index (κ1) is 12.3.